The molecule has 7 nitrogen and oxygen atoms in total. The topological polar surface area (TPSA) is 76.2 Å². The summed E-state index contributed by atoms with van der Waals surface area (Å²) in [4.78, 5) is 19.5. The molecular weight excluding hydrogens is 575 g/mol. The third-order valence-electron chi connectivity index (χ3n) is 7.90. The van der Waals surface area contributed by atoms with Crippen LogP contribution in [0.3, 0.4) is 0 Å². The number of hydrogen-bond donors (Lipinski definition) is 1. The van der Waals surface area contributed by atoms with E-state index < -0.39 is 0 Å². The van der Waals surface area contributed by atoms with Gasteiger partial charge in [-0.25, -0.2) is 0 Å². The van der Waals surface area contributed by atoms with E-state index in [4.69, 9.17) is 17.2 Å². The maximum Gasteiger partial charge on any atom is 0.269 e. The van der Waals surface area contributed by atoms with E-state index in [0.717, 1.165) is 27.6 Å². The molecule has 1 N–H and O–H groups in total. The minimum absolute atomic E-state index is 0.0841. The van der Waals surface area contributed by atoms with Crippen LogP contribution in [0.1, 0.15) is 47.2 Å². The van der Waals surface area contributed by atoms with Crippen molar-refractivity contribution in [1.29, 1.82) is 0 Å². The quantitative estimate of drug-likeness (QED) is 0.108. The van der Waals surface area contributed by atoms with E-state index in [1.54, 1.807) is 23.9 Å². The molecule has 3 aromatic carbocycles. The maximum atomic E-state index is 11.0. The highest BCUT2D eigenvalue weighted by molar-refractivity contribution is 7.99. The van der Waals surface area contributed by atoms with Crippen molar-refractivity contribution in [3.05, 3.63) is 142 Å². The predicted molar refractivity (Wildman–Crippen MR) is 176 cm³/mol. The molecule has 0 unspecified atom stereocenters. The van der Waals surface area contributed by atoms with E-state index >= 15 is 0 Å². The van der Waals surface area contributed by atoms with Crippen molar-refractivity contribution in [1.82, 2.24) is 14.9 Å². The molecule has 0 bridgehead atoms. The number of benzene rings is 3. The predicted octanol–water partition coefficient (Wildman–Crippen LogP) is 8.29. The highest BCUT2D eigenvalue weighted by Crippen LogP contribution is 2.44. The lowest BCUT2D eigenvalue weighted by atomic mass is 9.96. The molecule has 1 fully saturated rings. The summed E-state index contributed by atoms with van der Waals surface area (Å²) in [7, 11) is 0. The first-order chi connectivity index (χ1) is 20.9. The molecule has 43 heavy (non-hydrogen) atoms. The van der Waals surface area contributed by atoms with Crippen LogP contribution in [0.2, 0.25) is 0 Å². The molecule has 0 radical (unpaired) electrons. The molecule has 216 valence electrons. The molecule has 2 aromatic heterocycles. The fourth-order valence-corrected chi connectivity index (χ4v) is 7.04. The number of anilines is 1. The van der Waals surface area contributed by atoms with Crippen LogP contribution in [0.25, 0.3) is 5.69 Å². The first-order valence-electron chi connectivity index (χ1n) is 14.2. The van der Waals surface area contributed by atoms with Crippen molar-refractivity contribution in [3.8, 4) is 5.69 Å². The molecule has 5 aromatic rings. The molecule has 1 saturated heterocycles. The molecule has 3 heterocycles. The van der Waals surface area contributed by atoms with Crippen molar-refractivity contribution in [2.24, 2.45) is 0 Å². The maximum absolute atomic E-state index is 11.0. The van der Waals surface area contributed by atoms with E-state index in [9.17, 15) is 10.1 Å². The number of rotatable bonds is 8. The number of nitro benzene ring substituents is 1. The highest BCUT2D eigenvalue weighted by Gasteiger charge is 2.42. The van der Waals surface area contributed by atoms with Crippen LogP contribution in [0, 0.1) is 24.0 Å². The van der Waals surface area contributed by atoms with Crippen LogP contribution in [-0.2, 0) is 6.42 Å². The number of nitrogens with zero attached hydrogens (tertiary/aromatic N) is 4. The van der Waals surface area contributed by atoms with Gasteiger partial charge in [-0.1, -0.05) is 43.0 Å². The summed E-state index contributed by atoms with van der Waals surface area (Å²) in [5.74, 6) is 0. The number of thiocarbonyl (C=S) groups is 1. The fourth-order valence-electron chi connectivity index (χ4n) is 5.88. The number of aromatic nitrogens is 2. The van der Waals surface area contributed by atoms with E-state index in [-0.39, 0.29) is 22.7 Å². The van der Waals surface area contributed by atoms with E-state index in [0.29, 0.717) is 5.11 Å². The summed E-state index contributed by atoms with van der Waals surface area (Å²) in [5.41, 5.74) is 8.03. The largest absolute Gasteiger partial charge is 0.351 e. The SMILES string of the molecule is CCc1ccccc1-n1c(C)cc([C@@H]2[C@H](c3ccccn3)NC(=S)N2c2ccc(Sc3ccc([N+](=O)[O-])cc3)cc2)c1C. The summed E-state index contributed by atoms with van der Waals surface area (Å²) in [5, 5.41) is 15.2. The lowest BCUT2D eigenvalue weighted by Gasteiger charge is -2.28. The zero-order chi connectivity index (χ0) is 30.1. The molecule has 6 rings (SSSR count). The molecule has 0 spiro atoms. The second-order valence-corrected chi connectivity index (χ2v) is 12.0. The van der Waals surface area contributed by atoms with Crippen molar-refractivity contribution in [2.45, 2.75) is 49.1 Å². The molecule has 0 aliphatic carbocycles. The van der Waals surface area contributed by atoms with Gasteiger partial charge in [0.1, 0.15) is 0 Å². The summed E-state index contributed by atoms with van der Waals surface area (Å²) in [6.07, 6.45) is 2.77. The number of non-ortho nitro benzene ring substituents is 1. The van der Waals surface area contributed by atoms with Crippen molar-refractivity contribution < 1.29 is 4.92 Å². The molecule has 0 amide bonds. The van der Waals surface area contributed by atoms with Crippen LogP contribution >= 0.6 is 24.0 Å². The number of hydrogen-bond acceptors (Lipinski definition) is 5. The summed E-state index contributed by atoms with van der Waals surface area (Å²) in [6, 6.07) is 31.5. The Kier molecular flexibility index (Phi) is 8.01. The minimum atomic E-state index is -0.384. The molecule has 1 aliphatic rings. The standard InChI is InChI=1S/C34H31N5O2S2/c1-4-24-9-5-6-11-31(24)37-22(2)21-29(23(37)3)33-32(30-10-7-8-20-35-30)36-34(42)38(33)25-12-16-27(17-13-25)43-28-18-14-26(15-19-28)39(40)41/h5-21,32-33H,4H2,1-3H3,(H,36,42)/t32-,33+/m0/s1. The zero-order valence-electron chi connectivity index (χ0n) is 24.1. The van der Waals surface area contributed by atoms with Crippen molar-refractivity contribution in [3.63, 3.8) is 0 Å². The number of nitrogens with one attached hydrogen (secondary N) is 1. The van der Waals surface area contributed by atoms with Gasteiger partial charge in [-0.2, -0.15) is 0 Å². The molecule has 9 heteroatoms. The third kappa shape index (κ3) is 5.53. The van der Waals surface area contributed by atoms with Gasteiger partial charge in [0, 0.05) is 50.9 Å². The smallest absolute Gasteiger partial charge is 0.269 e. The van der Waals surface area contributed by atoms with Crippen LogP contribution in [0.5, 0.6) is 0 Å². The van der Waals surface area contributed by atoms with Gasteiger partial charge in [0.25, 0.3) is 5.69 Å². The lowest BCUT2D eigenvalue weighted by molar-refractivity contribution is -0.384. The molecular formula is C34H31N5O2S2. The number of pyridine rings is 1. The normalized spacial score (nSPS) is 16.3. The Labute approximate surface area is 260 Å². The average molecular weight is 606 g/mol. The Bertz CT molecular complexity index is 1790. The van der Waals surface area contributed by atoms with Gasteiger partial charge in [0.15, 0.2) is 5.11 Å². The van der Waals surface area contributed by atoms with E-state index in [1.807, 2.05) is 24.4 Å². The van der Waals surface area contributed by atoms with Crippen LogP contribution in [0.15, 0.2) is 113 Å². The molecule has 2 atom stereocenters. The minimum Gasteiger partial charge on any atom is -0.351 e. The van der Waals surface area contributed by atoms with Gasteiger partial charge in [-0.3, -0.25) is 15.1 Å². The lowest BCUT2D eigenvalue weighted by Crippen LogP contribution is -2.29. The Morgan fingerprint density at radius 3 is 2.28 bits per heavy atom. The van der Waals surface area contributed by atoms with Crippen LogP contribution < -0.4 is 10.2 Å². The van der Waals surface area contributed by atoms with Gasteiger partial charge in [-0.15, -0.1) is 0 Å². The Morgan fingerprint density at radius 1 is 0.953 bits per heavy atom. The van der Waals surface area contributed by atoms with Gasteiger partial charge in [-0.05, 0) is 104 Å². The number of aryl methyl sites for hydroxylation is 2. The van der Waals surface area contributed by atoms with Gasteiger partial charge in [0.05, 0.1) is 22.7 Å². The van der Waals surface area contributed by atoms with Gasteiger partial charge >= 0.3 is 0 Å². The monoisotopic (exact) mass is 605 g/mol. The van der Waals surface area contributed by atoms with Crippen molar-refractivity contribution >= 4 is 40.5 Å². The second-order valence-electron chi connectivity index (χ2n) is 10.5. The highest BCUT2D eigenvalue weighted by atomic mass is 32.2. The summed E-state index contributed by atoms with van der Waals surface area (Å²) in [6.45, 7) is 6.54. The van der Waals surface area contributed by atoms with Crippen LogP contribution in [0.4, 0.5) is 11.4 Å². The zero-order valence-corrected chi connectivity index (χ0v) is 25.7. The molecule has 0 saturated carbocycles. The van der Waals surface area contributed by atoms with E-state index in [1.165, 1.54) is 40.3 Å². The summed E-state index contributed by atoms with van der Waals surface area (Å²) >= 11 is 7.54. The first kappa shape index (κ1) is 28.6. The Morgan fingerprint density at radius 2 is 1.63 bits per heavy atom. The van der Waals surface area contributed by atoms with E-state index in [2.05, 4.69) is 90.2 Å². The van der Waals surface area contributed by atoms with Gasteiger partial charge < -0.3 is 14.8 Å². The van der Waals surface area contributed by atoms with Crippen molar-refractivity contribution in [2.75, 3.05) is 4.90 Å². The number of nitro groups is 1. The average Bonchev–Trinajstić information content (AvgIpc) is 3.52. The summed E-state index contributed by atoms with van der Waals surface area (Å²) < 4.78 is 2.35. The Hall–Kier alpha value is -4.47. The second kappa shape index (κ2) is 12.0. The third-order valence-corrected chi connectivity index (χ3v) is 9.23. The Balaban J connectivity index is 1.38. The first-order valence-corrected chi connectivity index (χ1v) is 15.4. The number of para-hydroxylation sites is 1. The fraction of sp³-hybridized carbons (Fsp3) is 0.176. The van der Waals surface area contributed by atoms with Gasteiger partial charge in [0.2, 0.25) is 0 Å². The molecule has 1 aliphatic heterocycles. The van der Waals surface area contributed by atoms with Crippen LogP contribution in [-0.4, -0.2) is 19.6 Å².